The van der Waals surface area contributed by atoms with Gasteiger partial charge in [-0.15, -0.1) is 0 Å². The van der Waals surface area contributed by atoms with Crippen molar-refractivity contribution in [2.24, 2.45) is 11.3 Å². The molecule has 1 aliphatic rings. The molecule has 8 heteroatoms. The molecule has 0 radical (unpaired) electrons. The van der Waals surface area contributed by atoms with Crippen molar-refractivity contribution in [1.82, 2.24) is 0 Å². The predicted molar refractivity (Wildman–Crippen MR) is 100 cm³/mol. The zero-order chi connectivity index (χ0) is 21.1. The standard InChI is InChI=1S/C20H25NO7/c1-20(2)9-15(23)19(16(24)10-20)14(22)7-13(11-21(25)26)12-5-6-17(27-3)18(8-12)28-4/h5-6,8,13,19H,7,9-11H2,1-4H3. The Kier molecular flexibility index (Phi) is 6.53. The Morgan fingerprint density at radius 3 is 2.25 bits per heavy atom. The molecule has 1 aromatic rings. The molecule has 0 aliphatic heterocycles. The topological polar surface area (TPSA) is 113 Å². The summed E-state index contributed by atoms with van der Waals surface area (Å²) < 4.78 is 10.4. The van der Waals surface area contributed by atoms with E-state index in [2.05, 4.69) is 0 Å². The summed E-state index contributed by atoms with van der Waals surface area (Å²) in [4.78, 5) is 48.1. The number of Topliss-reactive ketones (excluding diaryl/α,β-unsaturated/α-hetero) is 3. The van der Waals surface area contributed by atoms with Crippen molar-refractivity contribution < 1.29 is 28.8 Å². The molecule has 1 fully saturated rings. The van der Waals surface area contributed by atoms with Gasteiger partial charge in [-0.3, -0.25) is 24.5 Å². The maximum atomic E-state index is 12.8. The molecule has 0 N–H and O–H groups in total. The van der Waals surface area contributed by atoms with Gasteiger partial charge in [0.2, 0.25) is 6.54 Å². The first-order valence-electron chi connectivity index (χ1n) is 9.00. The molecule has 1 saturated carbocycles. The van der Waals surface area contributed by atoms with Crippen LogP contribution in [0.15, 0.2) is 18.2 Å². The third kappa shape index (κ3) is 4.94. The number of hydrogen-bond acceptors (Lipinski definition) is 7. The van der Waals surface area contributed by atoms with Gasteiger partial charge >= 0.3 is 0 Å². The fraction of sp³-hybridized carbons (Fsp3) is 0.550. The lowest BCUT2D eigenvalue weighted by atomic mass is 9.69. The molecule has 8 nitrogen and oxygen atoms in total. The van der Waals surface area contributed by atoms with Crippen LogP contribution in [0.25, 0.3) is 0 Å². The number of hydrogen-bond donors (Lipinski definition) is 0. The number of carbonyl (C=O) groups excluding carboxylic acids is 3. The van der Waals surface area contributed by atoms with Crippen LogP contribution < -0.4 is 9.47 Å². The highest BCUT2D eigenvalue weighted by atomic mass is 16.6. The van der Waals surface area contributed by atoms with Gasteiger partial charge in [-0.25, -0.2) is 0 Å². The Bertz CT molecular complexity index is 780. The minimum Gasteiger partial charge on any atom is -0.493 e. The van der Waals surface area contributed by atoms with Crippen molar-refractivity contribution >= 4 is 17.3 Å². The fourth-order valence-corrected chi connectivity index (χ4v) is 3.68. The summed E-state index contributed by atoms with van der Waals surface area (Å²) in [5, 5.41) is 11.1. The van der Waals surface area contributed by atoms with Crippen LogP contribution in [0.2, 0.25) is 0 Å². The first-order chi connectivity index (χ1) is 13.1. The number of nitrogens with zero attached hydrogens (tertiary/aromatic N) is 1. The Labute approximate surface area is 163 Å². The molecule has 152 valence electrons. The van der Waals surface area contributed by atoms with E-state index in [-0.39, 0.29) is 19.3 Å². The van der Waals surface area contributed by atoms with Crippen molar-refractivity contribution in [1.29, 1.82) is 0 Å². The van der Waals surface area contributed by atoms with E-state index in [4.69, 9.17) is 9.47 Å². The SMILES string of the molecule is COc1ccc(C(CC(=O)C2C(=O)CC(C)(C)CC2=O)C[N+](=O)[O-])cc1OC. The molecule has 2 rings (SSSR count). The van der Waals surface area contributed by atoms with E-state index in [9.17, 15) is 24.5 Å². The molecule has 0 aromatic heterocycles. The molecule has 0 heterocycles. The minimum absolute atomic E-state index is 0.144. The maximum Gasteiger partial charge on any atom is 0.211 e. The number of nitro groups is 1. The molecule has 1 atom stereocenters. The summed E-state index contributed by atoms with van der Waals surface area (Å²) in [6.07, 6.45) is 0.0237. The van der Waals surface area contributed by atoms with Crippen LogP contribution in [0.4, 0.5) is 0 Å². The van der Waals surface area contributed by atoms with Crippen LogP contribution in [-0.2, 0) is 14.4 Å². The van der Waals surface area contributed by atoms with Crippen molar-refractivity contribution in [2.75, 3.05) is 20.8 Å². The lowest BCUT2D eigenvalue weighted by Crippen LogP contribution is -2.42. The average molecular weight is 391 g/mol. The molecule has 28 heavy (non-hydrogen) atoms. The highest BCUT2D eigenvalue weighted by Crippen LogP contribution is 2.36. The minimum atomic E-state index is -1.32. The second-order valence-electron chi connectivity index (χ2n) is 7.88. The van der Waals surface area contributed by atoms with Crippen molar-refractivity contribution in [2.45, 2.75) is 39.0 Å². The number of benzene rings is 1. The van der Waals surface area contributed by atoms with Crippen LogP contribution in [0.1, 0.15) is 44.6 Å². The van der Waals surface area contributed by atoms with Crippen molar-refractivity contribution in [3.05, 3.63) is 33.9 Å². The van der Waals surface area contributed by atoms with Gasteiger partial charge < -0.3 is 9.47 Å². The third-order valence-corrected chi connectivity index (χ3v) is 4.97. The first kappa shape index (κ1) is 21.5. The van der Waals surface area contributed by atoms with E-state index in [1.54, 1.807) is 18.2 Å². The highest BCUT2D eigenvalue weighted by Gasteiger charge is 2.43. The molecule has 1 aliphatic carbocycles. The fourth-order valence-electron chi connectivity index (χ4n) is 3.68. The van der Waals surface area contributed by atoms with Crippen LogP contribution in [0.5, 0.6) is 11.5 Å². The lowest BCUT2D eigenvalue weighted by Gasteiger charge is -2.31. The van der Waals surface area contributed by atoms with Crippen molar-refractivity contribution in [3.63, 3.8) is 0 Å². The zero-order valence-corrected chi connectivity index (χ0v) is 16.5. The van der Waals surface area contributed by atoms with E-state index in [1.807, 2.05) is 13.8 Å². The number of rotatable bonds is 8. The molecular weight excluding hydrogens is 366 g/mol. The summed E-state index contributed by atoms with van der Waals surface area (Å²) in [6.45, 7) is 3.12. The summed E-state index contributed by atoms with van der Waals surface area (Å²) in [5.74, 6) is -2.63. The molecule has 1 unspecified atom stereocenters. The van der Waals surface area contributed by atoms with Crippen LogP contribution in [0.3, 0.4) is 0 Å². The maximum absolute atomic E-state index is 12.8. The van der Waals surface area contributed by atoms with Crippen LogP contribution >= 0.6 is 0 Å². The van der Waals surface area contributed by atoms with E-state index in [0.717, 1.165) is 0 Å². The summed E-state index contributed by atoms with van der Waals surface area (Å²) in [7, 11) is 2.91. The summed E-state index contributed by atoms with van der Waals surface area (Å²) >= 11 is 0. The zero-order valence-electron chi connectivity index (χ0n) is 16.5. The van der Waals surface area contributed by atoms with Crippen LogP contribution in [0, 0.1) is 21.4 Å². The molecule has 0 spiro atoms. The Morgan fingerprint density at radius 1 is 1.18 bits per heavy atom. The largest absolute Gasteiger partial charge is 0.493 e. The normalized spacial score (nSPS) is 17.9. The van der Waals surface area contributed by atoms with E-state index < -0.39 is 46.1 Å². The van der Waals surface area contributed by atoms with Gasteiger partial charge in [0.05, 0.1) is 20.1 Å². The van der Waals surface area contributed by atoms with Gasteiger partial charge in [0.1, 0.15) is 5.92 Å². The lowest BCUT2D eigenvalue weighted by molar-refractivity contribution is -0.483. The number of ketones is 3. The van der Waals surface area contributed by atoms with Gasteiger partial charge in [0.15, 0.2) is 28.8 Å². The van der Waals surface area contributed by atoms with Gasteiger partial charge in [0, 0.05) is 24.2 Å². The molecule has 0 bridgehead atoms. The third-order valence-electron chi connectivity index (χ3n) is 4.97. The van der Waals surface area contributed by atoms with E-state index in [1.165, 1.54) is 14.2 Å². The number of carbonyl (C=O) groups is 3. The number of ether oxygens (including phenoxy) is 2. The summed E-state index contributed by atoms with van der Waals surface area (Å²) in [6, 6.07) is 4.80. The second kappa shape index (κ2) is 8.50. The van der Waals surface area contributed by atoms with Gasteiger partial charge in [-0.1, -0.05) is 19.9 Å². The molecule has 1 aromatic carbocycles. The quantitative estimate of drug-likeness (QED) is 0.380. The molecular formula is C20H25NO7. The van der Waals surface area contributed by atoms with Crippen molar-refractivity contribution in [3.8, 4) is 11.5 Å². The van der Waals surface area contributed by atoms with Gasteiger partial charge in [0.25, 0.3) is 0 Å². The Morgan fingerprint density at radius 2 is 1.75 bits per heavy atom. The predicted octanol–water partition coefficient (Wildman–Crippen LogP) is 2.60. The second-order valence-corrected chi connectivity index (χ2v) is 7.88. The Hall–Kier alpha value is -2.77. The number of methoxy groups -OCH3 is 2. The smallest absolute Gasteiger partial charge is 0.211 e. The molecule has 0 saturated heterocycles. The van der Waals surface area contributed by atoms with Gasteiger partial charge in [-0.2, -0.15) is 0 Å². The van der Waals surface area contributed by atoms with E-state index in [0.29, 0.717) is 17.1 Å². The van der Waals surface area contributed by atoms with E-state index >= 15 is 0 Å². The average Bonchev–Trinajstić information content (AvgIpc) is 2.58. The molecule has 0 amide bonds. The summed E-state index contributed by atoms with van der Waals surface area (Å²) in [5.41, 5.74) is 0.0490. The van der Waals surface area contributed by atoms with Crippen LogP contribution in [-0.4, -0.2) is 43.0 Å². The first-order valence-corrected chi connectivity index (χ1v) is 9.00. The Balaban J connectivity index is 2.27. The highest BCUT2D eigenvalue weighted by molar-refractivity contribution is 6.21. The monoisotopic (exact) mass is 391 g/mol. The van der Waals surface area contributed by atoms with Gasteiger partial charge in [-0.05, 0) is 23.1 Å².